The second-order valence-electron chi connectivity index (χ2n) is 4.72. The van der Waals surface area contributed by atoms with E-state index in [1.165, 1.54) is 6.92 Å². The van der Waals surface area contributed by atoms with Crippen molar-refractivity contribution in [2.75, 3.05) is 5.32 Å². The molecule has 0 aliphatic heterocycles. The molecule has 2 rings (SSSR count). The van der Waals surface area contributed by atoms with Gasteiger partial charge in [0, 0.05) is 19.4 Å². The van der Waals surface area contributed by atoms with Crippen molar-refractivity contribution in [3.05, 3.63) is 18.0 Å². The maximum Gasteiger partial charge on any atom is 0.246 e. The topological polar surface area (TPSA) is 88.9 Å². The Labute approximate surface area is 116 Å². The van der Waals surface area contributed by atoms with Crippen LogP contribution in [0.3, 0.4) is 0 Å². The second-order valence-corrected chi connectivity index (χ2v) is 4.72. The average Bonchev–Trinajstić information content (AvgIpc) is 2.64. The first-order valence-corrected chi connectivity index (χ1v) is 6.26. The Bertz CT molecular complexity index is 677. The monoisotopic (exact) mass is 275 g/mol. The van der Waals surface area contributed by atoms with E-state index in [1.54, 1.807) is 17.8 Å². The van der Waals surface area contributed by atoms with Crippen molar-refractivity contribution < 1.29 is 9.59 Å². The van der Waals surface area contributed by atoms with Crippen LogP contribution < -0.4 is 10.6 Å². The van der Waals surface area contributed by atoms with Crippen LogP contribution in [0.5, 0.6) is 0 Å². The minimum Gasteiger partial charge on any atom is -0.345 e. The van der Waals surface area contributed by atoms with Crippen molar-refractivity contribution in [1.29, 1.82) is 0 Å². The van der Waals surface area contributed by atoms with Gasteiger partial charge in [-0.25, -0.2) is 4.98 Å². The Kier molecular flexibility index (Phi) is 3.69. The molecule has 0 radical (unpaired) electrons. The van der Waals surface area contributed by atoms with Crippen molar-refractivity contribution in [3.63, 3.8) is 0 Å². The quantitative estimate of drug-likeness (QED) is 0.864. The first kappa shape index (κ1) is 14.0. The number of nitrogens with one attached hydrogen (secondary N) is 2. The summed E-state index contributed by atoms with van der Waals surface area (Å²) in [6.07, 6.45) is 1.57. The molecule has 20 heavy (non-hydrogen) atoms. The largest absolute Gasteiger partial charge is 0.345 e. The molecule has 2 heterocycles. The standard InChI is InChI=1S/C13H17N5O2/c1-7-11-5-10(6-14-12(11)18(4)17-7)16-13(20)8(2)15-9(3)19/h5-6,8H,1-4H3,(H,15,19)(H,16,20). The zero-order chi connectivity index (χ0) is 14.9. The van der Waals surface area contributed by atoms with Gasteiger partial charge in [-0.05, 0) is 19.9 Å². The highest BCUT2D eigenvalue weighted by Crippen LogP contribution is 2.19. The normalized spacial score (nSPS) is 12.2. The Balaban J connectivity index is 2.20. The molecule has 0 aliphatic carbocycles. The summed E-state index contributed by atoms with van der Waals surface area (Å²) in [7, 11) is 1.82. The van der Waals surface area contributed by atoms with E-state index in [-0.39, 0.29) is 11.8 Å². The molecule has 2 aromatic rings. The van der Waals surface area contributed by atoms with E-state index in [0.29, 0.717) is 5.69 Å². The first-order chi connectivity index (χ1) is 9.38. The maximum atomic E-state index is 11.9. The van der Waals surface area contributed by atoms with E-state index >= 15 is 0 Å². The first-order valence-electron chi connectivity index (χ1n) is 6.26. The SMILES string of the molecule is CC(=O)NC(C)C(=O)Nc1cnc2c(c1)c(C)nn2C. The number of hydrogen-bond donors (Lipinski definition) is 2. The van der Waals surface area contributed by atoms with Crippen molar-refractivity contribution >= 4 is 28.5 Å². The number of aryl methyl sites for hydroxylation is 2. The van der Waals surface area contributed by atoms with Crippen molar-refractivity contribution in [3.8, 4) is 0 Å². The van der Waals surface area contributed by atoms with Gasteiger partial charge in [0.05, 0.1) is 17.6 Å². The molecule has 1 unspecified atom stereocenters. The Morgan fingerprint density at radius 2 is 2.10 bits per heavy atom. The second kappa shape index (κ2) is 5.28. The minimum absolute atomic E-state index is 0.246. The molecule has 2 N–H and O–H groups in total. The van der Waals surface area contributed by atoms with E-state index < -0.39 is 6.04 Å². The number of anilines is 1. The lowest BCUT2D eigenvalue weighted by molar-refractivity contribution is -0.124. The predicted octanol–water partition coefficient (Wildman–Crippen LogP) is 0.740. The number of fused-ring (bicyclic) bond motifs is 1. The summed E-state index contributed by atoms with van der Waals surface area (Å²) < 4.78 is 1.69. The van der Waals surface area contributed by atoms with Crippen LogP contribution >= 0.6 is 0 Å². The fraction of sp³-hybridized carbons (Fsp3) is 0.385. The molecule has 0 bridgehead atoms. The number of nitrogens with zero attached hydrogens (tertiary/aromatic N) is 3. The van der Waals surface area contributed by atoms with Crippen LogP contribution in [-0.2, 0) is 16.6 Å². The Morgan fingerprint density at radius 3 is 2.75 bits per heavy atom. The van der Waals surface area contributed by atoms with Crippen LogP contribution in [0.4, 0.5) is 5.69 Å². The highest BCUT2D eigenvalue weighted by Gasteiger charge is 2.15. The summed E-state index contributed by atoms with van der Waals surface area (Å²) in [5.74, 6) is -0.535. The van der Waals surface area contributed by atoms with Crippen LogP contribution in [0.15, 0.2) is 12.3 Å². The van der Waals surface area contributed by atoms with Crippen LogP contribution in [0.25, 0.3) is 11.0 Å². The van der Waals surface area contributed by atoms with Gasteiger partial charge in [0.15, 0.2) is 5.65 Å². The van der Waals surface area contributed by atoms with Crippen LogP contribution in [0, 0.1) is 6.92 Å². The van der Waals surface area contributed by atoms with Gasteiger partial charge >= 0.3 is 0 Å². The van der Waals surface area contributed by atoms with Crippen LogP contribution in [0.2, 0.25) is 0 Å². The molecule has 0 fully saturated rings. The number of carbonyl (C=O) groups is 2. The molecule has 0 saturated heterocycles. The number of rotatable bonds is 3. The molecule has 106 valence electrons. The van der Waals surface area contributed by atoms with Crippen molar-refractivity contribution in [1.82, 2.24) is 20.1 Å². The number of carbonyl (C=O) groups excluding carboxylic acids is 2. The zero-order valence-electron chi connectivity index (χ0n) is 11.9. The van der Waals surface area contributed by atoms with Gasteiger partial charge in [-0.1, -0.05) is 0 Å². The predicted molar refractivity (Wildman–Crippen MR) is 75.2 cm³/mol. The highest BCUT2D eigenvalue weighted by atomic mass is 16.2. The summed E-state index contributed by atoms with van der Waals surface area (Å²) in [5, 5.41) is 10.4. The van der Waals surface area contributed by atoms with Gasteiger partial charge in [-0.2, -0.15) is 5.10 Å². The molecule has 0 saturated carbocycles. The lowest BCUT2D eigenvalue weighted by Gasteiger charge is -2.12. The van der Waals surface area contributed by atoms with E-state index in [2.05, 4.69) is 20.7 Å². The van der Waals surface area contributed by atoms with E-state index in [4.69, 9.17) is 0 Å². The molecule has 0 spiro atoms. The third kappa shape index (κ3) is 2.76. The molecular formula is C13H17N5O2. The van der Waals surface area contributed by atoms with Gasteiger partial charge in [0.25, 0.3) is 0 Å². The average molecular weight is 275 g/mol. The van der Waals surface area contributed by atoms with E-state index in [1.807, 2.05) is 20.0 Å². The molecule has 0 aromatic carbocycles. The number of aromatic nitrogens is 3. The third-order valence-electron chi connectivity index (χ3n) is 2.94. The summed E-state index contributed by atoms with van der Waals surface area (Å²) in [4.78, 5) is 27.1. The molecule has 7 heteroatoms. The van der Waals surface area contributed by atoms with Gasteiger partial charge in [0.2, 0.25) is 11.8 Å². The number of pyridine rings is 1. The summed E-state index contributed by atoms with van der Waals surface area (Å²) in [5.41, 5.74) is 2.19. The smallest absolute Gasteiger partial charge is 0.246 e. The number of hydrogen-bond acceptors (Lipinski definition) is 4. The molecular weight excluding hydrogens is 258 g/mol. The molecule has 7 nitrogen and oxygen atoms in total. The van der Waals surface area contributed by atoms with Gasteiger partial charge in [0.1, 0.15) is 6.04 Å². The maximum absolute atomic E-state index is 11.9. The minimum atomic E-state index is -0.599. The van der Waals surface area contributed by atoms with Crippen molar-refractivity contribution in [2.24, 2.45) is 7.05 Å². The lowest BCUT2D eigenvalue weighted by atomic mass is 10.2. The van der Waals surface area contributed by atoms with Gasteiger partial charge < -0.3 is 10.6 Å². The van der Waals surface area contributed by atoms with Crippen molar-refractivity contribution in [2.45, 2.75) is 26.8 Å². The third-order valence-corrected chi connectivity index (χ3v) is 2.94. The zero-order valence-corrected chi connectivity index (χ0v) is 11.9. The van der Waals surface area contributed by atoms with E-state index in [0.717, 1.165) is 16.7 Å². The number of amides is 2. The summed E-state index contributed by atoms with van der Waals surface area (Å²) >= 11 is 0. The van der Waals surface area contributed by atoms with Crippen LogP contribution in [0.1, 0.15) is 19.5 Å². The molecule has 0 aliphatic rings. The summed E-state index contributed by atoms with van der Waals surface area (Å²) in [6, 6.07) is 1.22. The fourth-order valence-electron chi connectivity index (χ4n) is 2.00. The fourth-order valence-corrected chi connectivity index (χ4v) is 2.00. The Morgan fingerprint density at radius 1 is 1.40 bits per heavy atom. The highest BCUT2D eigenvalue weighted by molar-refractivity contribution is 5.97. The van der Waals surface area contributed by atoms with E-state index in [9.17, 15) is 9.59 Å². The van der Waals surface area contributed by atoms with Gasteiger partial charge in [-0.3, -0.25) is 14.3 Å². The lowest BCUT2D eigenvalue weighted by Crippen LogP contribution is -2.40. The molecule has 1 atom stereocenters. The van der Waals surface area contributed by atoms with Crippen LogP contribution in [-0.4, -0.2) is 32.6 Å². The Hall–Kier alpha value is -2.44. The summed E-state index contributed by atoms with van der Waals surface area (Å²) in [6.45, 7) is 4.88. The van der Waals surface area contributed by atoms with Gasteiger partial charge in [-0.15, -0.1) is 0 Å². The molecule has 2 aromatic heterocycles. The molecule has 2 amide bonds.